The van der Waals surface area contributed by atoms with E-state index in [0.717, 1.165) is 16.1 Å². The predicted octanol–water partition coefficient (Wildman–Crippen LogP) is 2.26. The Bertz CT molecular complexity index is 1100. The third kappa shape index (κ3) is 3.26. The molecular weight excluding hydrogens is 358 g/mol. The van der Waals surface area contributed by atoms with E-state index in [2.05, 4.69) is 15.0 Å². The van der Waals surface area contributed by atoms with Crippen LogP contribution < -0.4 is 24.8 Å². The number of nitrogens with zero attached hydrogens (tertiary/aromatic N) is 1. The van der Waals surface area contributed by atoms with Crippen LogP contribution in [-0.4, -0.2) is 42.1 Å². The van der Waals surface area contributed by atoms with Gasteiger partial charge in [0.15, 0.2) is 11.5 Å². The fourth-order valence-corrected chi connectivity index (χ4v) is 3.14. The Hall–Kier alpha value is -3.48. The largest absolute Gasteiger partial charge is 0.493 e. The van der Waals surface area contributed by atoms with Crippen molar-refractivity contribution in [2.24, 2.45) is 0 Å². The summed E-state index contributed by atoms with van der Waals surface area (Å²) in [6, 6.07) is 3.24. The molecule has 0 spiro atoms. The Morgan fingerprint density at radius 3 is 2.25 bits per heavy atom. The summed E-state index contributed by atoms with van der Waals surface area (Å²) >= 11 is 0. The van der Waals surface area contributed by atoms with Gasteiger partial charge in [-0.25, -0.2) is 4.98 Å². The molecule has 0 bridgehead atoms. The van der Waals surface area contributed by atoms with E-state index in [1.165, 1.54) is 27.5 Å². The molecular formula is C21H23N3O4. The van der Waals surface area contributed by atoms with Crippen molar-refractivity contribution in [1.29, 1.82) is 0 Å². The number of carbonyl (C=O) groups excluding carboxylic acids is 1. The molecule has 0 saturated heterocycles. The number of methoxy groups -OCH3 is 3. The van der Waals surface area contributed by atoms with Gasteiger partial charge in [0.25, 0.3) is 0 Å². The lowest BCUT2D eigenvalue weighted by Crippen LogP contribution is -2.23. The first kappa shape index (κ1) is 19.3. The second-order valence-electron chi connectivity index (χ2n) is 6.00. The molecule has 28 heavy (non-hydrogen) atoms. The molecule has 0 aliphatic carbocycles. The van der Waals surface area contributed by atoms with E-state index in [0.29, 0.717) is 34.3 Å². The van der Waals surface area contributed by atoms with Crippen molar-refractivity contribution >= 4 is 17.9 Å². The minimum Gasteiger partial charge on any atom is -0.493 e. The maximum Gasteiger partial charge on any atom is 0.211 e. The number of rotatable bonds is 6. The van der Waals surface area contributed by atoms with E-state index in [1.54, 1.807) is 12.1 Å². The van der Waals surface area contributed by atoms with Crippen LogP contribution in [0.2, 0.25) is 0 Å². The van der Waals surface area contributed by atoms with Crippen LogP contribution in [0.1, 0.15) is 29.9 Å². The van der Waals surface area contributed by atoms with Gasteiger partial charge in [-0.05, 0) is 26.0 Å². The average Bonchev–Trinajstić information content (AvgIpc) is 3.38. The molecule has 146 valence electrons. The molecule has 0 aliphatic rings. The third-order valence-corrected chi connectivity index (χ3v) is 4.53. The Morgan fingerprint density at radius 2 is 1.71 bits per heavy atom. The molecule has 0 radical (unpaired) electrons. The molecule has 0 unspecified atom stereocenters. The molecule has 0 saturated carbocycles. The van der Waals surface area contributed by atoms with Crippen molar-refractivity contribution in [2.75, 3.05) is 21.3 Å². The van der Waals surface area contributed by atoms with Crippen molar-refractivity contribution in [3.05, 3.63) is 46.4 Å². The first-order valence-corrected chi connectivity index (χ1v) is 8.78. The highest BCUT2D eigenvalue weighted by Crippen LogP contribution is 2.38. The van der Waals surface area contributed by atoms with E-state index >= 15 is 0 Å². The highest BCUT2D eigenvalue weighted by molar-refractivity contribution is 6.08. The molecule has 0 atom stereocenters. The van der Waals surface area contributed by atoms with Crippen LogP contribution in [0.3, 0.4) is 0 Å². The number of carbonyl (C=O) groups is 1. The van der Waals surface area contributed by atoms with E-state index in [1.807, 2.05) is 32.2 Å². The van der Waals surface area contributed by atoms with E-state index in [4.69, 9.17) is 14.2 Å². The standard InChI is InChI=1S/C21H23N3O4/c1-6-13-14(10-22-15(13)7-2)21-23-11-16(24-21)19(25)12-8-17(26-3)20(28-5)18(9-12)27-4/h6-11,22H,1-5H3,(H,23,24)/b13-6-,15-7+. The maximum absolute atomic E-state index is 13.0. The molecule has 7 nitrogen and oxygen atoms in total. The van der Waals surface area contributed by atoms with Gasteiger partial charge in [0.1, 0.15) is 11.5 Å². The van der Waals surface area contributed by atoms with Gasteiger partial charge in [0.05, 0.1) is 27.5 Å². The minimum atomic E-state index is -0.224. The highest BCUT2D eigenvalue weighted by Gasteiger charge is 2.20. The monoisotopic (exact) mass is 381 g/mol. The summed E-state index contributed by atoms with van der Waals surface area (Å²) in [4.78, 5) is 23.7. The van der Waals surface area contributed by atoms with Crippen molar-refractivity contribution in [3.8, 4) is 28.6 Å². The maximum atomic E-state index is 13.0. The van der Waals surface area contributed by atoms with Crippen LogP contribution >= 0.6 is 0 Å². The van der Waals surface area contributed by atoms with Gasteiger partial charge in [-0.15, -0.1) is 0 Å². The summed E-state index contributed by atoms with van der Waals surface area (Å²) in [5, 5.41) is 2.04. The molecule has 1 aromatic carbocycles. The number of benzene rings is 1. The lowest BCUT2D eigenvalue weighted by molar-refractivity contribution is 0.103. The number of ketones is 1. The van der Waals surface area contributed by atoms with Crippen LogP contribution in [0.15, 0.2) is 24.5 Å². The number of aromatic amines is 2. The number of H-pyrrole nitrogens is 2. The summed E-state index contributed by atoms with van der Waals surface area (Å²) in [6.45, 7) is 3.93. The van der Waals surface area contributed by atoms with Crippen molar-refractivity contribution in [3.63, 3.8) is 0 Å². The average molecular weight is 381 g/mol. The van der Waals surface area contributed by atoms with Crippen LogP contribution in [0.4, 0.5) is 0 Å². The number of ether oxygens (including phenoxy) is 3. The van der Waals surface area contributed by atoms with Gasteiger partial charge in [-0.1, -0.05) is 12.2 Å². The van der Waals surface area contributed by atoms with E-state index < -0.39 is 0 Å². The number of hydrogen-bond acceptors (Lipinski definition) is 5. The molecule has 3 aromatic rings. The first-order valence-electron chi connectivity index (χ1n) is 8.78. The summed E-state index contributed by atoms with van der Waals surface area (Å²) in [5.74, 6) is 1.67. The minimum absolute atomic E-state index is 0.224. The van der Waals surface area contributed by atoms with Gasteiger partial charge >= 0.3 is 0 Å². The quantitative estimate of drug-likeness (QED) is 0.640. The lowest BCUT2D eigenvalue weighted by Gasteiger charge is -2.13. The zero-order valence-electron chi connectivity index (χ0n) is 16.5. The highest BCUT2D eigenvalue weighted by atomic mass is 16.5. The zero-order chi connectivity index (χ0) is 20.3. The topological polar surface area (TPSA) is 89.2 Å². The third-order valence-electron chi connectivity index (χ3n) is 4.53. The molecule has 2 N–H and O–H groups in total. The number of imidazole rings is 1. The Morgan fingerprint density at radius 1 is 1.04 bits per heavy atom. The van der Waals surface area contributed by atoms with Crippen LogP contribution in [0.25, 0.3) is 23.5 Å². The summed E-state index contributed by atoms with van der Waals surface area (Å²) in [5.41, 5.74) is 1.68. The number of aromatic nitrogens is 3. The van der Waals surface area contributed by atoms with Gasteiger partial charge in [-0.3, -0.25) is 4.79 Å². The molecule has 0 aliphatic heterocycles. The Balaban J connectivity index is 2.03. The van der Waals surface area contributed by atoms with Crippen LogP contribution in [-0.2, 0) is 0 Å². The molecule has 7 heteroatoms. The summed E-state index contributed by atoms with van der Waals surface area (Å²) in [7, 11) is 4.54. The Kier molecular flexibility index (Phi) is 5.54. The summed E-state index contributed by atoms with van der Waals surface area (Å²) in [6.07, 6.45) is 7.40. The van der Waals surface area contributed by atoms with Crippen molar-refractivity contribution < 1.29 is 19.0 Å². The van der Waals surface area contributed by atoms with Crippen LogP contribution in [0, 0.1) is 0 Å². The fraction of sp³-hybridized carbons (Fsp3) is 0.238. The molecule has 2 aromatic heterocycles. The Labute approximate surface area is 162 Å². The normalized spacial score (nSPS) is 12.3. The SMILES string of the molecule is C/C=c1/c(-c2ncc(C(=O)c3cc(OC)c(OC)c(OC)c3)[nH]2)c[nH]/c1=C/C. The summed E-state index contributed by atoms with van der Waals surface area (Å²) < 4.78 is 16.0. The zero-order valence-corrected chi connectivity index (χ0v) is 16.5. The van der Waals surface area contributed by atoms with Crippen molar-refractivity contribution in [2.45, 2.75) is 13.8 Å². The van der Waals surface area contributed by atoms with Gasteiger partial charge in [0.2, 0.25) is 11.5 Å². The molecule has 3 rings (SSSR count). The molecule has 0 amide bonds. The van der Waals surface area contributed by atoms with Crippen LogP contribution in [0.5, 0.6) is 17.2 Å². The smallest absolute Gasteiger partial charge is 0.211 e. The predicted molar refractivity (Wildman–Crippen MR) is 107 cm³/mol. The first-order chi connectivity index (χ1) is 13.6. The second-order valence-corrected chi connectivity index (χ2v) is 6.00. The van der Waals surface area contributed by atoms with Gasteiger partial charge in [0, 0.05) is 27.9 Å². The second kappa shape index (κ2) is 8.04. The van der Waals surface area contributed by atoms with E-state index in [9.17, 15) is 4.79 Å². The van der Waals surface area contributed by atoms with Crippen molar-refractivity contribution in [1.82, 2.24) is 15.0 Å². The van der Waals surface area contributed by atoms with E-state index in [-0.39, 0.29) is 5.78 Å². The van der Waals surface area contributed by atoms with Gasteiger partial charge < -0.3 is 24.2 Å². The lowest BCUT2D eigenvalue weighted by atomic mass is 10.1. The molecule has 0 fully saturated rings. The number of hydrogen-bond donors (Lipinski definition) is 2. The van der Waals surface area contributed by atoms with Gasteiger partial charge in [-0.2, -0.15) is 0 Å². The number of nitrogens with one attached hydrogen (secondary N) is 2. The fourth-order valence-electron chi connectivity index (χ4n) is 3.14. The molecule has 2 heterocycles.